The van der Waals surface area contributed by atoms with Crippen LogP contribution in [-0.2, 0) is 16.9 Å². The predicted octanol–water partition coefficient (Wildman–Crippen LogP) is 5.91. The van der Waals surface area contributed by atoms with E-state index in [1.807, 2.05) is 42.5 Å². The summed E-state index contributed by atoms with van der Waals surface area (Å²) in [5.41, 5.74) is 3.70. The first-order valence-electron chi connectivity index (χ1n) is 11.1. The molecule has 5 rings (SSSR count). The van der Waals surface area contributed by atoms with Crippen molar-refractivity contribution in [2.24, 2.45) is 0 Å². The van der Waals surface area contributed by atoms with Gasteiger partial charge in [0.1, 0.15) is 5.58 Å². The highest BCUT2D eigenvalue weighted by atomic mass is 32.2. The van der Waals surface area contributed by atoms with Crippen LogP contribution >= 0.6 is 23.1 Å². The van der Waals surface area contributed by atoms with Crippen molar-refractivity contribution in [3.63, 3.8) is 0 Å². The fourth-order valence-electron chi connectivity index (χ4n) is 3.97. The lowest BCUT2D eigenvalue weighted by atomic mass is 10.1. The van der Waals surface area contributed by atoms with Crippen molar-refractivity contribution in [2.45, 2.75) is 16.4 Å². The van der Waals surface area contributed by atoms with Crippen molar-refractivity contribution in [2.75, 3.05) is 38.2 Å². The number of fused-ring (bicyclic) bond motifs is 1. The zero-order chi connectivity index (χ0) is 22.5. The number of furan rings is 1. The van der Waals surface area contributed by atoms with Crippen molar-refractivity contribution in [3.8, 4) is 0 Å². The van der Waals surface area contributed by atoms with Gasteiger partial charge < -0.3 is 14.5 Å². The lowest BCUT2D eigenvalue weighted by Crippen LogP contribution is -2.37. The van der Waals surface area contributed by atoms with E-state index >= 15 is 0 Å². The lowest BCUT2D eigenvalue weighted by Gasteiger charge is -2.26. The van der Waals surface area contributed by atoms with Crippen molar-refractivity contribution < 1.29 is 13.9 Å². The smallest absolute Gasteiger partial charge is 0.291 e. The van der Waals surface area contributed by atoms with Gasteiger partial charge in [0.15, 0.2) is 5.76 Å². The van der Waals surface area contributed by atoms with E-state index in [0.717, 1.165) is 61.5 Å². The van der Waals surface area contributed by atoms with Crippen molar-refractivity contribution in [1.82, 2.24) is 4.90 Å². The highest BCUT2D eigenvalue weighted by Crippen LogP contribution is 2.34. The zero-order valence-electron chi connectivity index (χ0n) is 18.3. The minimum absolute atomic E-state index is 0.214. The summed E-state index contributed by atoms with van der Waals surface area (Å²) in [5, 5.41) is 6.07. The largest absolute Gasteiger partial charge is 0.451 e. The SMILES string of the molecule is O=C(Nc1ccc(CCN2CCOCC2)cc1)c1oc2ccccc2c1CSc1cccs1. The van der Waals surface area contributed by atoms with Crippen LogP contribution in [0, 0.1) is 0 Å². The minimum atomic E-state index is -0.214. The zero-order valence-corrected chi connectivity index (χ0v) is 19.9. The molecule has 0 unspecified atom stereocenters. The highest BCUT2D eigenvalue weighted by molar-refractivity contribution is 8.00. The predicted molar refractivity (Wildman–Crippen MR) is 135 cm³/mol. The highest BCUT2D eigenvalue weighted by Gasteiger charge is 2.21. The molecule has 1 aliphatic heterocycles. The third kappa shape index (κ3) is 5.50. The monoisotopic (exact) mass is 478 g/mol. The Hall–Kier alpha value is -2.58. The molecule has 0 spiro atoms. The van der Waals surface area contributed by atoms with E-state index in [-0.39, 0.29) is 5.91 Å². The fraction of sp³-hybridized carbons (Fsp3) is 0.269. The Morgan fingerprint density at radius 3 is 2.64 bits per heavy atom. The van der Waals surface area contributed by atoms with Crippen LogP contribution in [-0.4, -0.2) is 43.7 Å². The summed E-state index contributed by atoms with van der Waals surface area (Å²) < 4.78 is 12.6. The molecule has 3 heterocycles. The second-order valence-electron chi connectivity index (χ2n) is 7.98. The van der Waals surface area contributed by atoms with Gasteiger partial charge in [0.05, 0.1) is 17.4 Å². The molecule has 1 fully saturated rings. The van der Waals surface area contributed by atoms with Crippen LogP contribution in [0.2, 0.25) is 0 Å². The second kappa shape index (κ2) is 10.6. The van der Waals surface area contributed by atoms with E-state index in [9.17, 15) is 4.79 Å². The average Bonchev–Trinajstić information content (AvgIpc) is 3.51. The van der Waals surface area contributed by atoms with Crippen LogP contribution < -0.4 is 5.32 Å². The van der Waals surface area contributed by atoms with Gasteiger partial charge in [-0.05, 0) is 41.6 Å². The molecule has 1 N–H and O–H groups in total. The maximum atomic E-state index is 13.2. The number of nitrogens with zero attached hydrogens (tertiary/aromatic N) is 1. The number of para-hydroxylation sites is 1. The Kier molecular flexibility index (Phi) is 7.12. The molecular formula is C26H26N2O3S2. The van der Waals surface area contributed by atoms with E-state index in [4.69, 9.17) is 9.15 Å². The molecule has 170 valence electrons. The van der Waals surface area contributed by atoms with Crippen molar-refractivity contribution in [3.05, 3.63) is 82.9 Å². The molecule has 1 aliphatic rings. The van der Waals surface area contributed by atoms with Crippen LogP contribution in [0.3, 0.4) is 0 Å². The number of thioether (sulfide) groups is 1. The summed E-state index contributed by atoms with van der Waals surface area (Å²) in [6, 6.07) is 20.1. The van der Waals surface area contributed by atoms with Crippen LogP contribution in [0.15, 0.2) is 74.7 Å². The van der Waals surface area contributed by atoms with Crippen LogP contribution in [0.25, 0.3) is 11.0 Å². The first-order chi connectivity index (χ1) is 16.3. The van der Waals surface area contributed by atoms with E-state index in [0.29, 0.717) is 11.5 Å². The Balaban J connectivity index is 1.27. The van der Waals surface area contributed by atoms with Gasteiger partial charge in [0.25, 0.3) is 5.91 Å². The van der Waals surface area contributed by atoms with Gasteiger partial charge in [-0.3, -0.25) is 9.69 Å². The number of hydrogen-bond acceptors (Lipinski definition) is 6. The molecule has 0 bridgehead atoms. The van der Waals surface area contributed by atoms with E-state index in [2.05, 4.69) is 33.8 Å². The standard InChI is InChI=1S/C26H26N2O3S2/c29-26(27-20-9-7-19(8-10-20)11-12-28-13-15-30-16-14-28)25-22(18-33-24-6-3-17-32-24)21-4-1-2-5-23(21)31-25/h1-10,17H,11-16,18H2,(H,27,29). The van der Waals surface area contributed by atoms with Crippen LogP contribution in [0.5, 0.6) is 0 Å². The molecule has 0 radical (unpaired) electrons. The van der Waals surface area contributed by atoms with Gasteiger partial charge in [-0.15, -0.1) is 23.1 Å². The second-order valence-corrected chi connectivity index (χ2v) is 10.2. The molecule has 1 amide bonds. The number of anilines is 1. The Labute approximate surface area is 201 Å². The third-order valence-electron chi connectivity index (χ3n) is 5.79. The number of hydrogen-bond donors (Lipinski definition) is 1. The molecule has 5 nitrogen and oxygen atoms in total. The third-order valence-corrected chi connectivity index (χ3v) is 7.95. The Morgan fingerprint density at radius 2 is 1.85 bits per heavy atom. The number of morpholine rings is 1. The quantitative estimate of drug-likeness (QED) is 0.319. The summed E-state index contributed by atoms with van der Waals surface area (Å²) in [7, 11) is 0. The number of amides is 1. The van der Waals surface area contributed by atoms with Gasteiger partial charge in [-0.2, -0.15) is 0 Å². The van der Waals surface area contributed by atoms with Crippen LogP contribution in [0.1, 0.15) is 21.7 Å². The minimum Gasteiger partial charge on any atom is -0.451 e. The molecule has 0 aliphatic carbocycles. The normalized spacial score (nSPS) is 14.5. The van der Waals surface area contributed by atoms with E-state index < -0.39 is 0 Å². The number of thiophene rings is 1. The van der Waals surface area contributed by atoms with Crippen molar-refractivity contribution in [1.29, 1.82) is 0 Å². The van der Waals surface area contributed by atoms with Gasteiger partial charge in [0, 0.05) is 42.0 Å². The molecule has 2 aromatic heterocycles. The number of nitrogens with one attached hydrogen (secondary N) is 1. The lowest BCUT2D eigenvalue weighted by molar-refractivity contribution is 0.0384. The molecule has 0 saturated carbocycles. The summed E-state index contributed by atoms with van der Waals surface area (Å²) in [4.78, 5) is 15.6. The summed E-state index contributed by atoms with van der Waals surface area (Å²) in [6.45, 7) is 4.66. The molecule has 7 heteroatoms. The summed E-state index contributed by atoms with van der Waals surface area (Å²) in [6.07, 6.45) is 0.988. The van der Waals surface area contributed by atoms with Crippen molar-refractivity contribution >= 4 is 45.7 Å². The first-order valence-corrected chi connectivity index (χ1v) is 13.0. The average molecular weight is 479 g/mol. The molecule has 33 heavy (non-hydrogen) atoms. The van der Waals surface area contributed by atoms with E-state index in [1.54, 1.807) is 23.1 Å². The number of benzene rings is 2. The van der Waals surface area contributed by atoms with Gasteiger partial charge in [-0.1, -0.05) is 36.4 Å². The van der Waals surface area contributed by atoms with Gasteiger partial charge >= 0.3 is 0 Å². The number of rotatable bonds is 8. The number of carbonyl (C=O) groups is 1. The number of carbonyl (C=O) groups excluding carboxylic acids is 1. The summed E-state index contributed by atoms with van der Waals surface area (Å²) in [5.74, 6) is 0.853. The molecule has 4 aromatic rings. The topological polar surface area (TPSA) is 54.7 Å². The molecular weight excluding hydrogens is 452 g/mol. The van der Waals surface area contributed by atoms with E-state index in [1.165, 1.54) is 9.77 Å². The maximum absolute atomic E-state index is 13.2. The van der Waals surface area contributed by atoms with Gasteiger partial charge in [0.2, 0.25) is 0 Å². The Bertz CT molecular complexity index is 1200. The molecule has 2 aromatic carbocycles. The van der Waals surface area contributed by atoms with Gasteiger partial charge in [-0.25, -0.2) is 0 Å². The number of ether oxygens (including phenoxy) is 1. The Morgan fingerprint density at radius 1 is 1.03 bits per heavy atom. The fourth-order valence-corrected chi connectivity index (χ4v) is 5.78. The van der Waals surface area contributed by atoms with Crippen LogP contribution in [0.4, 0.5) is 5.69 Å². The maximum Gasteiger partial charge on any atom is 0.291 e. The molecule has 0 atom stereocenters. The summed E-state index contributed by atoms with van der Waals surface area (Å²) >= 11 is 3.43. The first kappa shape index (κ1) is 22.2. The molecule has 1 saturated heterocycles.